The van der Waals surface area contributed by atoms with Crippen molar-refractivity contribution in [2.75, 3.05) is 44.2 Å². The van der Waals surface area contributed by atoms with Gasteiger partial charge in [-0.25, -0.2) is 9.38 Å². The monoisotopic (exact) mass is 447 g/mol. The van der Waals surface area contributed by atoms with E-state index < -0.39 is 0 Å². The van der Waals surface area contributed by atoms with Crippen LogP contribution in [0.5, 0.6) is 0 Å². The van der Waals surface area contributed by atoms with E-state index in [-0.39, 0.29) is 42.2 Å². The number of halogens is 2. The molecule has 1 fully saturated rings. The predicted molar refractivity (Wildman–Crippen MR) is 105 cm³/mol. The molecule has 1 amide bonds. The molecule has 0 spiro atoms. The van der Waals surface area contributed by atoms with Crippen molar-refractivity contribution in [3.05, 3.63) is 42.7 Å². The lowest BCUT2D eigenvalue weighted by Crippen LogP contribution is -2.51. The molecular weight excluding hydrogens is 424 g/mol. The molecular formula is C16H23FIN5O. The molecule has 132 valence electrons. The molecule has 3 N–H and O–H groups in total. The van der Waals surface area contributed by atoms with Crippen LogP contribution >= 0.6 is 24.0 Å². The molecule has 0 aromatic heterocycles. The number of nitrogens with one attached hydrogen (secondary N) is 1. The number of guanidine groups is 1. The summed E-state index contributed by atoms with van der Waals surface area (Å²) in [4.78, 5) is 19.7. The van der Waals surface area contributed by atoms with Gasteiger partial charge in [0.2, 0.25) is 5.91 Å². The van der Waals surface area contributed by atoms with E-state index in [1.165, 1.54) is 12.1 Å². The molecule has 0 radical (unpaired) electrons. The van der Waals surface area contributed by atoms with Gasteiger partial charge in [-0.2, -0.15) is 0 Å². The van der Waals surface area contributed by atoms with Crippen molar-refractivity contribution in [2.24, 2.45) is 10.7 Å². The summed E-state index contributed by atoms with van der Waals surface area (Å²) < 4.78 is 13.0. The van der Waals surface area contributed by atoms with Crippen molar-refractivity contribution in [2.45, 2.75) is 0 Å². The van der Waals surface area contributed by atoms with Gasteiger partial charge >= 0.3 is 0 Å². The van der Waals surface area contributed by atoms with Gasteiger partial charge in [0.05, 0.1) is 0 Å². The SMILES string of the molecule is C=CCNC(=O)CN=C(N)N1CCN(c2ccc(F)cc2)CC1.I. The number of rotatable bonds is 5. The van der Waals surface area contributed by atoms with Crippen molar-refractivity contribution in [3.8, 4) is 0 Å². The number of carbonyl (C=O) groups is 1. The summed E-state index contributed by atoms with van der Waals surface area (Å²) in [5.41, 5.74) is 6.93. The lowest BCUT2D eigenvalue weighted by Gasteiger charge is -2.36. The van der Waals surface area contributed by atoms with E-state index in [2.05, 4.69) is 21.8 Å². The Balaban J connectivity index is 0.00000288. The normalized spacial score (nSPS) is 14.8. The summed E-state index contributed by atoms with van der Waals surface area (Å²) in [7, 11) is 0. The van der Waals surface area contributed by atoms with Gasteiger partial charge in [-0.3, -0.25) is 4.79 Å². The Morgan fingerprint density at radius 3 is 2.50 bits per heavy atom. The third kappa shape index (κ3) is 5.99. The van der Waals surface area contributed by atoms with Gasteiger partial charge in [0.1, 0.15) is 12.4 Å². The van der Waals surface area contributed by atoms with Crippen LogP contribution in [0.4, 0.5) is 10.1 Å². The Labute approximate surface area is 158 Å². The van der Waals surface area contributed by atoms with E-state index >= 15 is 0 Å². The third-order valence-corrected chi connectivity index (χ3v) is 3.62. The number of hydrogen-bond acceptors (Lipinski definition) is 3. The molecule has 0 bridgehead atoms. The number of nitrogens with two attached hydrogens (primary N) is 1. The van der Waals surface area contributed by atoms with Crippen LogP contribution in [0.2, 0.25) is 0 Å². The molecule has 1 saturated heterocycles. The van der Waals surface area contributed by atoms with Gasteiger partial charge in [0.25, 0.3) is 0 Å². The Morgan fingerprint density at radius 1 is 1.29 bits per heavy atom. The molecule has 0 aliphatic carbocycles. The summed E-state index contributed by atoms with van der Waals surface area (Å²) in [5.74, 6) is -0.0474. The van der Waals surface area contributed by atoms with Gasteiger partial charge in [0.15, 0.2) is 5.96 Å². The van der Waals surface area contributed by atoms with Crippen LogP contribution in [0.1, 0.15) is 0 Å². The average Bonchev–Trinajstić information content (AvgIpc) is 2.58. The maximum absolute atomic E-state index is 13.0. The molecule has 24 heavy (non-hydrogen) atoms. The number of anilines is 1. The lowest BCUT2D eigenvalue weighted by atomic mass is 10.2. The van der Waals surface area contributed by atoms with Crippen LogP contribution in [0.3, 0.4) is 0 Å². The largest absolute Gasteiger partial charge is 0.370 e. The Hall–Kier alpha value is -1.84. The summed E-state index contributed by atoms with van der Waals surface area (Å²) in [6.07, 6.45) is 1.61. The standard InChI is InChI=1S/C16H22FN5O.HI/c1-2-7-19-15(23)12-20-16(18)22-10-8-21(9-11-22)14-5-3-13(17)4-6-14;/h2-6H,1,7-12H2,(H2,18,20)(H,19,23);1H. The Bertz CT molecular complexity index is 570. The summed E-state index contributed by atoms with van der Waals surface area (Å²) in [5, 5.41) is 2.65. The molecule has 0 unspecified atom stereocenters. The van der Waals surface area contributed by atoms with Crippen molar-refractivity contribution in [3.63, 3.8) is 0 Å². The third-order valence-electron chi connectivity index (χ3n) is 3.62. The highest BCUT2D eigenvalue weighted by atomic mass is 127. The molecule has 2 rings (SSSR count). The molecule has 1 aromatic rings. The number of carbonyl (C=O) groups excluding carboxylic acids is 1. The highest BCUT2D eigenvalue weighted by molar-refractivity contribution is 14.0. The van der Waals surface area contributed by atoms with Crippen LogP contribution in [-0.2, 0) is 4.79 Å². The van der Waals surface area contributed by atoms with Crippen molar-refractivity contribution in [1.82, 2.24) is 10.2 Å². The number of nitrogens with zero attached hydrogens (tertiary/aromatic N) is 3. The minimum Gasteiger partial charge on any atom is -0.370 e. The summed E-state index contributed by atoms with van der Waals surface area (Å²) >= 11 is 0. The van der Waals surface area contributed by atoms with Crippen molar-refractivity contribution >= 4 is 41.5 Å². The van der Waals surface area contributed by atoms with E-state index in [9.17, 15) is 9.18 Å². The van der Waals surface area contributed by atoms with Gasteiger partial charge in [-0.15, -0.1) is 30.6 Å². The maximum Gasteiger partial charge on any atom is 0.242 e. The predicted octanol–water partition coefficient (Wildman–Crippen LogP) is 1.18. The molecule has 0 saturated carbocycles. The second-order valence-electron chi connectivity index (χ2n) is 5.22. The fourth-order valence-electron chi connectivity index (χ4n) is 2.34. The van der Waals surface area contributed by atoms with E-state index in [0.717, 1.165) is 18.8 Å². The fourth-order valence-corrected chi connectivity index (χ4v) is 2.34. The highest BCUT2D eigenvalue weighted by Gasteiger charge is 2.18. The van der Waals surface area contributed by atoms with Crippen LogP contribution in [0.25, 0.3) is 0 Å². The number of hydrogen-bond donors (Lipinski definition) is 2. The van der Waals surface area contributed by atoms with E-state index in [1.807, 2.05) is 4.90 Å². The van der Waals surface area contributed by atoms with E-state index in [4.69, 9.17) is 5.73 Å². The first-order chi connectivity index (χ1) is 11.1. The minimum atomic E-state index is -0.238. The zero-order valence-electron chi connectivity index (χ0n) is 13.4. The Kier molecular flexibility index (Phi) is 8.51. The smallest absolute Gasteiger partial charge is 0.242 e. The summed E-state index contributed by atoms with van der Waals surface area (Å²) in [6.45, 7) is 6.92. The van der Waals surface area contributed by atoms with Gasteiger partial charge in [0, 0.05) is 38.4 Å². The van der Waals surface area contributed by atoms with Gasteiger partial charge in [-0.05, 0) is 24.3 Å². The van der Waals surface area contributed by atoms with Crippen molar-refractivity contribution in [1.29, 1.82) is 0 Å². The number of piperazine rings is 1. The minimum absolute atomic E-state index is 0. The molecule has 1 aromatic carbocycles. The summed E-state index contributed by atoms with van der Waals surface area (Å²) in [6, 6.07) is 6.46. The van der Waals surface area contributed by atoms with E-state index in [1.54, 1.807) is 18.2 Å². The zero-order chi connectivity index (χ0) is 16.7. The second kappa shape index (κ2) is 10.1. The van der Waals surface area contributed by atoms with Gasteiger partial charge in [-0.1, -0.05) is 6.08 Å². The molecule has 1 aliphatic heterocycles. The van der Waals surface area contributed by atoms with Crippen molar-refractivity contribution < 1.29 is 9.18 Å². The fraction of sp³-hybridized carbons (Fsp3) is 0.375. The first-order valence-electron chi connectivity index (χ1n) is 7.53. The maximum atomic E-state index is 13.0. The Morgan fingerprint density at radius 2 is 1.92 bits per heavy atom. The lowest BCUT2D eigenvalue weighted by molar-refractivity contribution is -0.119. The zero-order valence-corrected chi connectivity index (χ0v) is 15.8. The average molecular weight is 447 g/mol. The number of benzene rings is 1. The second-order valence-corrected chi connectivity index (χ2v) is 5.22. The van der Waals surface area contributed by atoms with Gasteiger partial charge < -0.3 is 20.9 Å². The number of aliphatic imine (C=N–C) groups is 1. The topological polar surface area (TPSA) is 74.0 Å². The molecule has 8 heteroatoms. The number of amides is 1. The van der Waals surface area contributed by atoms with Crippen LogP contribution in [-0.4, -0.2) is 56.0 Å². The molecule has 0 atom stereocenters. The highest BCUT2D eigenvalue weighted by Crippen LogP contribution is 2.16. The first kappa shape index (κ1) is 20.2. The first-order valence-corrected chi connectivity index (χ1v) is 7.53. The molecule has 1 aliphatic rings. The quantitative estimate of drug-likeness (QED) is 0.308. The van der Waals surface area contributed by atoms with Crippen LogP contribution < -0.4 is 16.0 Å². The molecule has 1 heterocycles. The van der Waals surface area contributed by atoms with Crippen LogP contribution in [0, 0.1) is 5.82 Å². The van der Waals surface area contributed by atoms with Crippen LogP contribution in [0.15, 0.2) is 41.9 Å². The van der Waals surface area contributed by atoms with E-state index in [0.29, 0.717) is 25.6 Å². The molecule has 6 nitrogen and oxygen atoms in total.